The Morgan fingerprint density at radius 1 is 0.968 bits per heavy atom. The number of hydrogen-bond acceptors (Lipinski definition) is 7. The van der Waals surface area contributed by atoms with Crippen molar-refractivity contribution >= 4 is 27.9 Å². The molecule has 31 heavy (non-hydrogen) atoms. The number of pyridine rings is 3. The summed E-state index contributed by atoms with van der Waals surface area (Å²) in [7, 11) is 2.15. The highest BCUT2D eigenvalue weighted by Gasteiger charge is 2.21. The molecule has 1 aliphatic rings. The van der Waals surface area contributed by atoms with Crippen LogP contribution in [0.15, 0.2) is 49.1 Å². The maximum absolute atomic E-state index is 4.91. The molecule has 0 aliphatic carbocycles. The van der Waals surface area contributed by atoms with E-state index in [1.165, 1.54) is 0 Å². The van der Waals surface area contributed by atoms with Crippen LogP contribution in [0.25, 0.3) is 44.7 Å². The van der Waals surface area contributed by atoms with Gasteiger partial charge < -0.3 is 14.8 Å². The Bertz CT molecular complexity index is 1360. The van der Waals surface area contributed by atoms with E-state index in [1.54, 1.807) is 6.20 Å². The Hall–Kier alpha value is -3.85. The molecular weight excluding hydrogens is 390 g/mol. The van der Waals surface area contributed by atoms with E-state index in [0.29, 0.717) is 5.82 Å². The normalized spacial score (nSPS) is 15.2. The third kappa shape index (κ3) is 3.10. The van der Waals surface area contributed by atoms with Gasteiger partial charge >= 0.3 is 0 Å². The molecule has 1 fully saturated rings. The molecule has 0 aromatic carbocycles. The van der Waals surface area contributed by atoms with Gasteiger partial charge in [0.15, 0.2) is 17.3 Å². The average molecular weight is 411 g/mol. The van der Waals surface area contributed by atoms with Crippen LogP contribution in [0.4, 0.5) is 5.82 Å². The standard InChI is InChI=1S/C22H21N9/c1-30-7-9-31(10-8-30)22-19-17(4-6-24-22)26-21(27-19)18-16-11-15(13-25-20(16)29-28-18)14-3-2-5-23-12-14/h2-6,11-13H,7-10H2,1H3,(H,26,27)(H,25,28,29). The summed E-state index contributed by atoms with van der Waals surface area (Å²) in [6, 6.07) is 7.97. The molecule has 0 spiro atoms. The van der Waals surface area contributed by atoms with Gasteiger partial charge in [-0.25, -0.2) is 15.0 Å². The topological polar surface area (TPSA) is 103 Å². The van der Waals surface area contributed by atoms with Gasteiger partial charge in [-0.2, -0.15) is 5.10 Å². The van der Waals surface area contributed by atoms with Gasteiger partial charge in [-0.05, 0) is 25.2 Å². The minimum atomic E-state index is 0.703. The molecule has 0 unspecified atom stereocenters. The first-order chi connectivity index (χ1) is 15.3. The number of likely N-dealkylation sites (N-methyl/N-ethyl adjacent to an activating group) is 1. The van der Waals surface area contributed by atoms with E-state index >= 15 is 0 Å². The number of imidazole rings is 1. The van der Waals surface area contributed by atoms with Crippen LogP contribution < -0.4 is 4.90 Å². The number of aromatic nitrogens is 7. The fourth-order valence-electron chi connectivity index (χ4n) is 4.06. The van der Waals surface area contributed by atoms with Gasteiger partial charge in [0.05, 0.1) is 10.9 Å². The molecule has 6 heterocycles. The zero-order valence-corrected chi connectivity index (χ0v) is 17.1. The van der Waals surface area contributed by atoms with Gasteiger partial charge in [0, 0.05) is 62.1 Å². The molecular formula is C22H21N9. The Labute approximate surface area is 178 Å². The first-order valence-electron chi connectivity index (χ1n) is 10.3. The monoisotopic (exact) mass is 411 g/mol. The van der Waals surface area contributed by atoms with Gasteiger partial charge in [-0.15, -0.1) is 0 Å². The number of nitrogens with zero attached hydrogens (tertiary/aromatic N) is 7. The molecule has 2 N–H and O–H groups in total. The predicted molar refractivity (Wildman–Crippen MR) is 120 cm³/mol. The third-order valence-corrected chi connectivity index (χ3v) is 5.82. The number of rotatable bonds is 3. The fourth-order valence-corrected chi connectivity index (χ4v) is 4.06. The second-order valence-corrected chi connectivity index (χ2v) is 7.84. The van der Waals surface area contributed by atoms with Crippen molar-refractivity contribution in [2.75, 3.05) is 38.1 Å². The van der Waals surface area contributed by atoms with Crippen molar-refractivity contribution in [3.05, 3.63) is 49.1 Å². The molecule has 6 rings (SSSR count). The molecule has 5 aromatic rings. The number of fused-ring (bicyclic) bond motifs is 2. The van der Waals surface area contributed by atoms with Gasteiger partial charge in [-0.3, -0.25) is 10.1 Å². The van der Waals surface area contributed by atoms with Crippen LogP contribution in [0.3, 0.4) is 0 Å². The quantitative estimate of drug-likeness (QED) is 0.471. The number of piperazine rings is 1. The van der Waals surface area contributed by atoms with Crippen LogP contribution in [0.2, 0.25) is 0 Å². The lowest BCUT2D eigenvalue weighted by Gasteiger charge is -2.33. The molecule has 9 nitrogen and oxygen atoms in total. The second-order valence-electron chi connectivity index (χ2n) is 7.84. The Kier molecular flexibility index (Phi) is 4.13. The number of nitrogens with one attached hydrogen (secondary N) is 2. The van der Waals surface area contributed by atoms with E-state index in [2.05, 4.69) is 53.0 Å². The molecule has 154 valence electrons. The van der Waals surface area contributed by atoms with E-state index in [-0.39, 0.29) is 0 Å². The van der Waals surface area contributed by atoms with Crippen LogP contribution in [-0.2, 0) is 0 Å². The highest BCUT2D eigenvalue weighted by atomic mass is 15.3. The Balaban J connectivity index is 1.44. The smallest absolute Gasteiger partial charge is 0.159 e. The summed E-state index contributed by atoms with van der Waals surface area (Å²) in [4.78, 5) is 26.4. The SMILES string of the molecule is CN1CCN(c2nccc3[nH]c(-c4n[nH]c5ncc(-c6cccnc6)cc45)nc23)CC1. The molecule has 0 radical (unpaired) electrons. The number of H-pyrrole nitrogens is 2. The average Bonchev–Trinajstić information content (AvgIpc) is 3.43. The fraction of sp³-hybridized carbons (Fsp3) is 0.227. The van der Waals surface area contributed by atoms with E-state index in [9.17, 15) is 0 Å². The van der Waals surface area contributed by atoms with Gasteiger partial charge in [0.1, 0.15) is 11.2 Å². The summed E-state index contributed by atoms with van der Waals surface area (Å²) in [5, 5.41) is 8.45. The molecule has 0 atom stereocenters. The van der Waals surface area contributed by atoms with Crippen molar-refractivity contribution in [3.63, 3.8) is 0 Å². The van der Waals surface area contributed by atoms with Gasteiger partial charge in [-0.1, -0.05) is 6.07 Å². The summed E-state index contributed by atoms with van der Waals surface area (Å²) in [6.45, 7) is 3.91. The van der Waals surface area contributed by atoms with E-state index in [4.69, 9.17) is 4.98 Å². The summed E-state index contributed by atoms with van der Waals surface area (Å²) in [6.07, 6.45) is 7.26. The Morgan fingerprint density at radius 2 is 1.87 bits per heavy atom. The maximum Gasteiger partial charge on any atom is 0.159 e. The number of anilines is 1. The molecule has 0 saturated carbocycles. The summed E-state index contributed by atoms with van der Waals surface area (Å²) in [5.74, 6) is 1.62. The highest BCUT2D eigenvalue weighted by molar-refractivity contribution is 5.95. The van der Waals surface area contributed by atoms with E-state index < -0.39 is 0 Å². The summed E-state index contributed by atoms with van der Waals surface area (Å²) >= 11 is 0. The van der Waals surface area contributed by atoms with Crippen LogP contribution >= 0.6 is 0 Å². The van der Waals surface area contributed by atoms with E-state index in [1.807, 2.05) is 36.8 Å². The lowest BCUT2D eigenvalue weighted by atomic mass is 10.1. The second kappa shape index (κ2) is 7.13. The maximum atomic E-state index is 4.91. The van der Waals surface area contributed by atoms with Crippen molar-refractivity contribution in [1.29, 1.82) is 0 Å². The minimum absolute atomic E-state index is 0.703. The van der Waals surface area contributed by atoms with Crippen molar-refractivity contribution in [2.45, 2.75) is 0 Å². The molecule has 5 aromatic heterocycles. The van der Waals surface area contributed by atoms with Crippen LogP contribution in [-0.4, -0.2) is 73.2 Å². The number of hydrogen-bond donors (Lipinski definition) is 2. The number of aromatic amines is 2. The van der Waals surface area contributed by atoms with Gasteiger partial charge in [0.25, 0.3) is 0 Å². The van der Waals surface area contributed by atoms with Crippen molar-refractivity contribution in [1.82, 2.24) is 40.0 Å². The van der Waals surface area contributed by atoms with Crippen LogP contribution in [0.5, 0.6) is 0 Å². The van der Waals surface area contributed by atoms with Gasteiger partial charge in [0.2, 0.25) is 0 Å². The van der Waals surface area contributed by atoms with Crippen molar-refractivity contribution < 1.29 is 0 Å². The molecule has 0 amide bonds. The highest BCUT2D eigenvalue weighted by Crippen LogP contribution is 2.31. The largest absolute Gasteiger partial charge is 0.352 e. The lowest BCUT2D eigenvalue weighted by Crippen LogP contribution is -2.44. The third-order valence-electron chi connectivity index (χ3n) is 5.82. The van der Waals surface area contributed by atoms with Crippen molar-refractivity contribution in [3.8, 4) is 22.6 Å². The van der Waals surface area contributed by atoms with Crippen LogP contribution in [0.1, 0.15) is 0 Å². The molecule has 0 bridgehead atoms. The summed E-state index contributed by atoms with van der Waals surface area (Å²) in [5.41, 5.74) is 5.28. The summed E-state index contributed by atoms with van der Waals surface area (Å²) < 4.78 is 0. The van der Waals surface area contributed by atoms with E-state index in [0.717, 1.165) is 70.9 Å². The predicted octanol–water partition coefficient (Wildman–Crippen LogP) is 2.71. The zero-order valence-electron chi connectivity index (χ0n) is 17.1. The molecule has 9 heteroatoms. The zero-order chi connectivity index (χ0) is 20.8. The Morgan fingerprint density at radius 3 is 2.71 bits per heavy atom. The molecule has 1 aliphatic heterocycles. The lowest BCUT2D eigenvalue weighted by molar-refractivity contribution is 0.312. The first kappa shape index (κ1) is 18.0. The van der Waals surface area contributed by atoms with Crippen molar-refractivity contribution in [2.24, 2.45) is 0 Å². The van der Waals surface area contributed by atoms with Crippen LogP contribution in [0, 0.1) is 0 Å². The molecule has 1 saturated heterocycles. The minimum Gasteiger partial charge on any atom is -0.352 e. The first-order valence-corrected chi connectivity index (χ1v) is 10.3.